The molecule has 0 aromatic carbocycles. The number of hydrogen-bond donors (Lipinski definition) is 0. The predicted molar refractivity (Wildman–Crippen MR) is 52.7 cm³/mol. The average molecular weight is 182 g/mol. The lowest BCUT2D eigenvalue weighted by molar-refractivity contribution is 0.0917. The van der Waals surface area contributed by atoms with E-state index < -0.39 is 0 Å². The smallest absolute Gasteiger partial charge is 0.175 e. The Morgan fingerprint density at radius 3 is 2.58 bits per heavy atom. The van der Waals surface area contributed by atoms with Crippen LogP contribution in [0, 0.1) is 5.92 Å². The van der Waals surface area contributed by atoms with E-state index in [-0.39, 0.29) is 5.92 Å². The van der Waals surface area contributed by atoms with Gasteiger partial charge in [0.1, 0.15) is 0 Å². The molecule has 0 fully saturated rings. The van der Waals surface area contributed by atoms with E-state index in [1.54, 1.807) is 11.3 Å². The van der Waals surface area contributed by atoms with Gasteiger partial charge < -0.3 is 0 Å². The Morgan fingerprint density at radius 1 is 1.50 bits per heavy atom. The molecule has 66 valence electrons. The quantitative estimate of drug-likeness (QED) is 0.652. The van der Waals surface area contributed by atoms with Crippen LogP contribution >= 0.6 is 11.3 Å². The largest absolute Gasteiger partial charge is 0.293 e. The zero-order chi connectivity index (χ0) is 8.97. The number of hydrogen-bond acceptors (Lipinski definition) is 2. The second-order valence-electron chi connectivity index (χ2n) is 2.85. The van der Waals surface area contributed by atoms with Crippen LogP contribution in [-0.2, 0) is 0 Å². The topological polar surface area (TPSA) is 17.1 Å². The van der Waals surface area contributed by atoms with Crippen molar-refractivity contribution < 1.29 is 4.79 Å². The molecule has 0 N–H and O–H groups in total. The highest BCUT2D eigenvalue weighted by atomic mass is 32.1. The zero-order valence-electron chi connectivity index (χ0n) is 7.54. The fraction of sp³-hybridized carbons (Fsp3) is 0.500. The number of carbonyl (C=O) groups excluding carboxylic acids is 1. The third-order valence-electron chi connectivity index (χ3n) is 2.12. The molecule has 1 heterocycles. The van der Waals surface area contributed by atoms with Crippen molar-refractivity contribution in [3.8, 4) is 0 Å². The molecule has 0 saturated carbocycles. The maximum absolute atomic E-state index is 11.7. The molecule has 1 aromatic heterocycles. The number of carbonyl (C=O) groups is 1. The second-order valence-corrected chi connectivity index (χ2v) is 3.80. The van der Waals surface area contributed by atoms with Crippen LogP contribution < -0.4 is 0 Å². The van der Waals surface area contributed by atoms with E-state index in [2.05, 4.69) is 13.8 Å². The molecule has 1 nitrogen and oxygen atoms in total. The van der Waals surface area contributed by atoms with Crippen LogP contribution in [0.3, 0.4) is 0 Å². The van der Waals surface area contributed by atoms with E-state index in [1.807, 2.05) is 17.5 Å². The van der Waals surface area contributed by atoms with Crippen molar-refractivity contribution >= 4 is 17.1 Å². The molecule has 0 bridgehead atoms. The normalized spacial score (nSPS) is 10.6. The zero-order valence-corrected chi connectivity index (χ0v) is 8.36. The molecule has 0 aliphatic carbocycles. The highest BCUT2D eigenvalue weighted by Crippen LogP contribution is 2.18. The number of rotatable bonds is 4. The minimum absolute atomic E-state index is 0.226. The molecule has 1 aromatic rings. The van der Waals surface area contributed by atoms with Crippen LogP contribution in [0.1, 0.15) is 36.4 Å². The van der Waals surface area contributed by atoms with Gasteiger partial charge in [0, 0.05) is 5.92 Å². The van der Waals surface area contributed by atoms with Gasteiger partial charge in [0.05, 0.1) is 4.88 Å². The Labute approximate surface area is 77.4 Å². The Kier molecular flexibility index (Phi) is 3.48. The standard InChI is InChI=1S/C10H14OS/c1-3-8(4-2)10(11)9-6-5-7-12-9/h5-8H,3-4H2,1-2H3. The van der Waals surface area contributed by atoms with Crippen molar-refractivity contribution in [2.45, 2.75) is 26.7 Å². The van der Waals surface area contributed by atoms with Crippen molar-refractivity contribution in [1.82, 2.24) is 0 Å². The Hall–Kier alpha value is -0.630. The first-order valence-corrected chi connectivity index (χ1v) is 5.25. The van der Waals surface area contributed by atoms with Crippen LogP contribution in [0.2, 0.25) is 0 Å². The lowest BCUT2D eigenvalue weighted by Gasteiger charge is -2.08. The van der Waals surface area contributed by atoms with Gasteiger partial charge in [0.15, 0.2) is 5.78 Å². The summed E-state index contributed by atoms with van der Waals surface area (Å²) in [5.74, 6) is 0.540. The first kappa shape index (κ1) is 9.46. The molecular weight excluding hydrogens is 168 g/mol. The molecule has 2 heteroatoms. The van der Waals surface area contributed by atoms with Crippen molar-refractivity contribution in [1.29, 1.82) is 0 Å². The van der Waals surface area contributed by atoms with Gasteiger partial charge in [0.2, 0.25) is 0 Å². The molecule has 0 saturated heterocycles. The van der Waals surface area contributed by atoms with E-state index in [0.717, 1.165) is 17.7 Å². The monoisotopic (exact) mass is 182 g/mol. The highest BCUT2D eigenvalue weighted by Gasteiger charge is 2.16. The summed E-state index contributed by atoms with van der Waals surface area (Å²) in [6.45, 7) is 4.14. The van der Waals surface area contributed by atoms with Gasteiger partial charge in [-0.2, -0.15) is 0 Å². The molecule has 0 radical (unpaired) electrons. The number of thiophene rings is 1. The van der Waals surface area contributed by atoms with E-state index >= 15 is 0 Å². The lowest BCUT2D eigenvalue weighted by atomic mass is 9.97. The third kappa shape index (κ3) is 1.95. The summed E-state index contributed by atoms with van der Waals surface area (Å²) in [5, 5.41) is 1.95. The van der Waals surface area contributed by atoms with E-state index in [0.29, 0.717) is 5.78 Å². The van der Waals surface area contributed by atoms with Crippen LogP contribution in [0.5, 0.6) is 0 Å². The molecule has 0 atom stereocenters. The Bertz CT molecular complexity index is 234. The van der Waals surface area contributed by atoms with Crippen LogP contribution in [0.25, 0.3) is 0 Å². The molecule has 12 heavy (non-hydrogen) atoms. The summed E-state index contributed by atoms with van der Waals surface area (Å²) in [7, 11) is 0. The van der Waals surface area contributed by atoms with Gasteiger partial charge in [-0.15, -0.1) is 11.3 Å². The first-order chi connectivity index (χ1) is 5.79. The SMILES string of the molecule is CCC(CC)C(=O)c1cccs1. The average Bonchev–Trinajstić information content (AvgIpc) is 2.58. The first-order valence-electron chi connectivity index (χ1n) is 4.37. The molecule has 0 spiro atoms. The molecular formula is C10H14OS. The molecule has 0 aliphatic rings. The number of ketones is 1. The molecule has 1 rings (SSSR count). The highest BCUT2D eigenvalue weighted by molar-refractivity contribution is 7.12. The van der Waals surface area contributed by atoms with Crippen LogP contribution in [0.15, 0.2) is 17.5 Å². The molecule has 0 amide bonds. The lowest BCUT2D eigenvalue weighted by Crippen LogP contribution is -2.11. The molecule has 0 aliphatic heterocycles. The Balaban J connectivity index is 2.70. The summed E-state index contributed by atoms with van der Waals surface area (Å²) in [6, 6.07) is 3.84. The minimum atomic E-state index is 0.226. The maximum atomic E-state index is 11.7. The third-order valence-corrected chi connectivity index (χ3v) is 3.00. The summed E-state index contributed by atoms with van der Waals surface area (Å²) in [6.07, 6.45) is 1.90. The molecule has 0 unspecified atom stereocenters. The van der Waals surface area contributed by atoms with Gasteiger partial charge in [0.25, 0.3) is 0 Å². The fourth-order valence-corrected chi connectivity index (χ4v) is 2.02. The van der Waals surface area contributed by atoms with Gasteiger partial charge in [-0.25, -0.2) is 0 Å². The number of Topliss-reactive ketones (excluding diaryl/α,β-unsaturated/α-hetero) is 1. The van der Waals surface area contributed by atoms with Crippen LogP contribution in [0.4, 0.5) is 0 Å². The predicted octanol–water partition coefficient (Wildman–Crippen LogP) is 3.37. The fourth-order valence-electron chi connectivity index (χ4n) is 1.28. The van der Waals surface area contributed by atoms with E-state index in [4.69, 9.17) is 0 Å². The van der Waals surface area contributed by atoms with Gasteiger partial charge >= 0.3 is 0 Å². The van der Waals surface area contributed by atoms with Gasteiger partial charge in [-0.05, 0) is 24.3 Å². The maximum Gasteiger partial charge on any atom is 0.175 e. The summed E-state index contributed by atoms with van der Waals surface area (Å²) in [4.78, 5) is 12.6. The van der Waals surface area contributed by atoms with Crippen molar-refractivity contribution in [2.75, 3.05) is 0 Å². The van der Waals surface area contributed by atoms with Crippen LogP contribution in [-0.4, -0.2) is 5.78 Å². The Morgan fingerprint density at radius 2 is 2.17 bits per heavy atom. The minimum Gasteiger partial charge on any atom is -0.293 e. The van der Waals surface area contributed by atoms with Crippen molar-refractivity contribution in [2.24, 2.45) is 5.92 Å². The van der Waals surface area contributed by atoms with Gasteiger partial charge in [-0.3, -0.25) is 4.79 Å². The van der Waals surface area contributed by atoms with Crippen molar-refractivity contribution in [3.05, 3.63) is 22.4 Å². The summed E-state index contributed by atoms with van der Waals surface area (Å²) < 4.78 is 0. The van der Waals surface area contributed by atoms with E-state index in [1.165, 1.54) is 0 Å². The van der Waals surface area contributed by atoms with Gasteiger partial charge in [-0.1, -0.05) is 19.9 Å². The summed E-state index contributed by atoms with van der Waals surface area (Å²) in [5.41, 5.74) is 0. The second kappa shape index (κ2) is 4.41. The van der Waals surface area contributed by atoms with Crippen molar-refractivity contribution in [3.63, 3.8) is 0 Å². The van der Waals surface area contributed by atoms with E-state index in [9.17, 15) is 4.79 Å². The summed E-state index contributed by atoms with van der Waals surface area (Å²) >= 11 is 1.54.